The normalized spacial score (nSPS) is 10.3. The van der Waals surface area contributed by atoms with Crippen LogP contribution in [0.25, 0.3) is 0 Å². The van der Waals surface area contributed by atoms with Crippen LogP contribution in [0.3, 0.4) is 0 Å². The lowest BCUT2D eigenvalue weighted by Crippen LogP contribution is -2.08. The molecule has 2 aromatic rings. The Kier molecular flexibility index (Phi) is 3.58. The van der Waals surface area contributed by atoms with Crippen LogP contribution in [0.15, 0.2) is 23.0 Å². The number of anilines is 2. The minimum absolute atomic E-state index is 0.224. The molecule has 2 aromatic heterocycles. The van der Waals surface area contributed by atoms with Gasteiger partial charge in [0.2, 0.25) is 5.95 Å². The summed E-state index contributed by atoms with van der Waals surface area (Å²) in [6.45, 7) is 0.771. The van der Waals surface area contributed by atoms with E-state index < -0.39 is 0 Å². The van der Waals surface area contributed by atoms with Gasteiger partial charge in [0.25, 0.3) is 0 Å². The summed E-state index contributed by atoms with van der Waals surface area (Å²) in [5.41, 5.74) is 6.78. The van der Waals surface area contributed by atoms with Gasteiger partial charge in [0.15, 0.2) is 0 Å². The van der Waals surface area contributed by atoms with Gasteiger partial charge in [-0.25, -0.2) is 4.98 Å². The van der Waals surface area contributed by atoms with Crippen LogP contribution >= 0.6 is 22.9 Å². The Hall–Kier alpha value is -1.33. The second kappa shape index (κ2) is 5.14. The first kappa shape index (κ1) is 11.2. The van der Waals surface area contributed by atoms with Crippen LogP contribution < -0.4 is 11.1 Å². The number of hydrogen-bond acceptors (Lipinski definition) is 5. The Morgan fingerprint density at radius 2 is 2.38 bits per heavy atom. The molecule has 2 heterocycles. The molecular weight excluding hydrogens is 244 g/mol. The van der Waals surface area contributed by atoms with E-state index in [0.717, 1.165) is 13.0 Å². The number of nitrogens with zero attached hydrogens (tertiary/aromatic N) is 2. The van der Waals surface area contributed by atoms with Crippen LogP contribution in [0.5, 0.6) is 0 Å². The summed E-state index contributed by atoms with van der Waals surface area (Å²) in [7, 11) is 0. The Morgan fingerprint density at radius 3 is 3.12 bits per heavy atom. The standard InChI is InChI=1S/C10H11ClN4S/c11-8-5-14-10(12)15-9(8)13-3-1-7-2-4-16-6-7/h2,4-6H,1,3H2,(H3,12,13,14,15). The molecule has 4 nitrogen and oxygen atoms in total. The molecule has 0 saturated carbocycles. The number of nitrogen functional groups attached to an aromatic ring is 1. The fourth-order valence-corrected chi connectivity index (χ4v) is 2.13. The van der Waals surface area contributed by atoms with Crippen molar-refractivity contribution in [3.8, 4) is 0 Å². The molecule has 0 aromatic carbocycles. The van der Waals surface area contributed by atoms with Crippen molar-refractivity contribution in [2.75, 3.05) is 17.6 Å². The molecule has 0 aliphatic heterocycles. The molecule has 0 radical (unpaired) electrons. The largest absolute Gasteiger partial charge is 0.368 e. The maximum atomic E-state index is 5.92. The lowest BCUT2D eigenvalue weighted by molar-refractivity contribution is 1.01. The molecule has 0 aliphatic rings. The van der Waals surface area contributed by atoms with Crippen molar-refractivity contribution in [2.24, 2.45) is 0 Å². The highest BCUT2D eigenvalue weighted by molar-refractivity contribution is 7.07. The zero-order chi connectivity index (χ0) is 11.4. The molecule has 0 atom stereocenters. The first-order chi connectivity index (χ1) is 7.75. The fraction of sp³-hybridized carbons (Fsp3) is 0.200. The van der Waals surface area contributed by atoms with Gasteiger partial charge in [0, 0.05) is 6.54 Å². The molecule has 0 fully saturated rings. The number of nitrogens with two attached hydrogens (primary N) is 1. The highest BCUT2D eigenvalue weighted by atomic mass is 35.5. The first-order valence-electron chi connectivity index (χ1n) is 4.78. The monoisotopic (exact) mass is 254 g/mol. The summed E-state index contributed by atoms with van der Waals surface area (Å²) in [5.74, 6) is 0.812. The Balaban J connectivity index is 1.92. The third kappa shape index (κ3) is 2.84. The Bertz CT molecular complexity index is 458. The van der Waals surface area contributed by atoms with Gasteiger partial charge in [0.05, 0.1) is 6.20 Å². The van der Waals surface area contributed by atoms with E-state index >= 15 is 0 Å². The third-order valence-corrected chi connectivity index (χ3v) is 3.06. The third-order valence-electron chi connectivity index (χ3n) is 2.05. The lowest BCUT2D eigenvalue weighted by Gasteiger charge is -2.06. The molecule has 2 rings (SSSR count). The van der Waals surface area contributed by atoms with Gasteiger partial charge >= 0.3 is 0 Å². The molecule has 0 bridgehead atoms. The summed E-state index contributed by atoms with van der Waals surface area (Å²) in [6, 6.07) is 2.10. The Morgan fingerprint density at radius 1 is 1.50 bits per heavy atom. The first-order valence-corrected chi connectivity index (χ1v) is 6.11. The van der Waals surface area contributed by atoms with E-state index in [9.17, 15) is 0 Å². The summed E-state index contributed by atoms with van der Waals surface area (Å²) in [6.07, 6.45) is 2.43. The van der Waals surface area contributed by atoms with E-state index in [1.54, 1.807) is 11.3 Å². The molecule has 0 spiro atoms. The highest BCUT2D eigenvalue weighted by Crippen LogP contribution is 2.18. The van der Waals surface area contributed by atoms with Crippen LogP contribution in [0.2, 0.25) is 5.02 Å². The lowest BCUT2D eigenvalue weighted by atomic mass is 10.2. The van der Waals surface area contributed by atoms with E-state index in [0.29, 0.717) is 10.8 Å². The van der Waals surface area contributed by atoms with Crippen molar-refractivity contribution in [3.63, 3.8) is 0 Å². The van der Waals surface area contributed by atoms with Gasteiger partial charge in [0.1, 0.15) is 10.8 Å². The molecule has 0 saturated heterocycles. The van der Waals surface area contributed by atoms with Crippen LogP contribution in [0.4, 0.5) is 11.8 Å². The summed E-state index contributed by atoms with van der Waals surface area (Å²) in [5, 5.41) is 7.80. The summed E-state index contributed by atoms with van der Waals surface area (Å²) in [4.78, 5) is 7.81. The second-order valence-corrected chi connectivity index (χ2v) is 4.42. The summed E-state index contributed by atoms with van der Waals surface area (Å²) >= 11 is 7.61. The predicted octanol–water partition coefficient (Wildman–Crippen LogP) is 2.43. The van der Waals surface area contributed by atoms with Gasteiger partial charge in [-0.1, -0.05) is 11.6 Å². The summed E-state index contributed by atoms with van der Waals surface area (Å²) < 4.78 is 0. The van der Waals surface area contributed by atoms with Gasteiger partial charge in [-0.2, -0.15) is 16.3 Å². The number of nitrogens with one attached hydrogen (secondary N) is 1. The minimum Gasteiger partial charge on any atom is -0.368 e. The quantitative estimate of drug-likeness (QED) is 0.880. The van der Waals surface area contributed by atoms with Gasteiger partial charge in [-0.3, -0.25) is 0 Å². The molecule has 84 valence electrons. The van der Waals surface area contributed by atoms with Crippen LogP contribution in [-0.2, 0) is 6.42 Å². The van der Waals surface area contributed by atoms with Crippen LogP contribution in [0.1, 0.15) is 5.56 Å². The number of thiophene rings is 1. The fourth-order valence-electron chi connectivity index (χ4n) is 1.26. The smallest absolute Gasteiger partial charge is 0.222 e. The van der Waals surface area contributed by atoms with Crippen molar-refractivity contribution in [3.05, 3.63) is 33.6 Å². The maximum Gasteiger partial charge on any atom is 0.222 e. The van der Waals surface area contributed by atoms with Gasteiger partial charge < -0.3 is 11.1 Å². The maximum absolute atomic E-state index is 5.92. The number of aromatic nitrogens is 2. The van der Waals surface area contributed by atoms with E-state index in [4.69, 9.17) is 17.3 Å². The molecular formula is C10H11ClN4S. The highest BCUT2D eigenvalue weighted by Gasteiger charge is 2.02. The van der Waals surface area contributed by atoms with E-state index in [2.05, 4.69) is 32.1 Å². The van der Waals surface area contributed by atoms with Crippen molar-refractivity contribution in [2.45, 2.75) is 6.42 Å². The zero-order valence-electron chi connectivity index (χ0n) is 8.48. The van der Waals surface area contributed by atoms with E-state index in [1.165, 1.54) is 11.8 Å². The number of rotatable bonds is 4. The molecule has 0 amide bonds. The van der Waals surface area contributed by atoms with E-state index in [1.807, 2.05) is 0 Å². The van der Waals surface area contributed by atoms with Crippen molar-refractivity contribution < 1.29 is 0 Å². The molecule has 0 unspecified atom stereocenters. The van der Waals surface area contributed by atoms with Crippen LogP contribution in [0, 0.1) is 0 Å². The van der Waals surface area contributed by atoms with Crippen LogP contribution in [-0.4, -0.2) is 16.5 Å². The predicted molar refractivity (Wildman–Crippen MR) is 68.0 cm³/mol. The van der Waals surface area contributed by atoms with Crippen molar-refractivity contribution >= 4 is 34.7 Å². The van der Waals surface area contributed by atoms with Crippen molar-refractivity contribution in [1.29, 1.82) is 0 Å². The molecule has 6 heteroatoms. The molecule has 16 heavy (non-hydrogen) atoms. The average molecular weight is 255 g/mol. The number of halogens is 1. The zero-order valence-corrected chi connectivity index (χ0v) is 10.1. The topological polar surface area (TPSA) is 63.8 Å². The molecule has 0 aliphatic carbocycles. The average Bonchev–Trinajstić information content (AvgIpc) is 2.76. The number of hydrogen-bond donors (Lipinski definition) is 2. The van der Waals surface area contributed by atoms with E-state index in [-0.39, 0.29) is 5.95 Å². The second-order valence-electron chi connectivity index (χ2n) is 3.23. The molecule has 3 N–H and O–H groups in total. The SMILES string of the molecule is Nc1ncc(Cl)c(NCCc2ccsc2)n1. The van der Waals surface area contributed by atoms with Crippen molar-refractivity contribution in [1.82, 2.24) is 9.97 Å². The Labute approximate surface area is 102 Å². The van der Waals surface area contributed by atoms with Gasteiger partial charge in [-0.05, 0) is 28.8 Å². The minimum atomic E-state index is 0.224. The van der Waals surface area contributed by atoms with Gasteiger partial charge in [-0.15, -0.1) is 0 Å².